The lowest BCUT2D eigenvalue weighted by Gasteiger charge is -2.16. The molecular formula is C19H25N3O4. The van der Waals surface area contributed by atoms with Crippen LogP contribution in [-0.4, -0.2) is 42.5 Å². The van der Waals surface area contributed by atoms with Crippen LogP contribution in [0.2, 0.25) is 0 Å². The zero-order valence-corrected chi connectivity index (χ0v) is 15.0. The highest BCUT2D eigenvalue weighted by molar-refractivity contribution is 5.74. The maximum absolute atomic E-state index is 11.9. The quantitative estimate of drug-likeness (QED) is 0.637. The van der Waals surface area contributed by atoms with Gasteiger partial charge in [-0.05, 0) is 36.8 Å². The molecule has 1 heterocycles. The van der Waals surface area contributed by atoms with Crippen LogP contribution >= 0.6 is 0 Å². The minimum Gasteiger partial charge on any atom is -0.497 e. The largest absolute Gasteiger partial charge is 0.497 e. The molecule has 2 unspecified atom stereocenters. The monoisotopic (exact) mass is 359 g/mol. The molecule has 7 nitrogen and oxygen atoms in total. The summed E-state index contributed by atoms with van der Waals surface area (Å²) in [5, 5.41) is 15.3. The number of nitrogens with zero attached hydrogens (tertiary/aromatic N) is 1. The molecule has 3 N–H and O–H groups in total. The van der Waals surface area contributed by atoms with Gasteiger partial charge in [0.25, 0.3) is 0 Å². The fourth-order valence-corrected chi connectivity index (χ4v) is 2.26. The van der Waals surface area contributed by atoms with Gasteiger partial charge in [0.15, 0.2) is 0 Å². The molecular weight excluding hydrogens is 334 g/mol. The third-order valence-electron chi connectivity index (χ3n) is 3.72. The Labute approximate surface area is 153 Å². The minimum absolute atomic E-state index is 0.101. The number of carbonyl (C=O) groups is 1. The lowest BCUT2D eigenvalue weighted by Crippen LogP contribution is -2.42. The number of ether oxygens (including phenoxy) is 2. The molecule has 2 aromatic rings. The molecule has 1 aromatic heterocycles. The van der Waals surface area contributed by atoms with Crippen molar-refractivity contribution in [2.45, 2.75) is 25.7 Å². The predicted molar refractivity (Wildman–Crippen MR) is 97.8 cm³/mol. The number of methoxy groups -OCH3 is 1. The predicted octanol–water partition coefficient (Wildman–Crippen LogP) is 2.03. The lowest BCUT2D eigenvalue weighted by atomic mass is 10.2. The van der Waals surface area contributed by atoms with Crippen LogP contribution in [0.3, 0.4) is 0 Å². The van der Waals surface area contributed by atoms with Crippen molar-refractivity contribution in [3.63, 3.8) is 0 Å². The van der Waals surface area contributed by atoms with E-state index in [0.717, 1.165) is 17.0 Å². The summed E-state index contributed by atoms with van der Waals surface area (Å²) in [4.78, 5) is 16.1. The molecule has 0 saturated heterocycles. The van der Waals surface area contributed by atoms with Crippen molar-refractivity contribution in [1.82, 2.24) is 15.6 Å². The van der Waals surface area contributed by atoms with Gasteiger partial charge >= 0.3 is 6.03 Å². The summed E-state index contributed by atoms with van der Waals surface area (Å²) in [6, 6.07) is 12.4. The highest BCUT2D eigenvalue weighted by Gasteiger charge is 2.11. The molecule has 0 bridgehead atoms. The number of benzene rings is 1. The first kappa shape index (κ1) is 19.7. The number of amides is 2. The Bertz CT molecular complexity index is 664. The van der Waals surface area contributed by atoms with E-state index in [9.17, 15) is 9.90 Å². The van der Waals surface area contributed by atoms with Gasteiger partial charge in [0.05, 0.1) is 38.2 Å². The summed E-state index contributed by atoms with van der Waals surface area (Å²) in [6.07, 6.45) is 0.888. The van der Waals surface area contributed by atoms with E-state index in [2.05, 4.69) is 15.6 Å². The number of carbonyl (C=O) groups excluding carboxylic acids is 1. The fraction of sp³-hybridized carbons (Fsp3) is 0.368. The number of pyridine rings is 1. The van der Waals surface area contributed by atoms with Crippen LogP contribution in [0.1, 0.15) is 24.2 Å². The number of hydrogen-bond acceptors (Lipinski definition) is 5. The number of urea groups is 1. The Hall–Kier alpha value is -2.64. The van der Waals surface area contributed by atoms with Gasteiger partial charge in [-0.25, -0.2) is 4.79 Å². The van der Waals surface area contributed by atoms with Gasteiger partial charge in [-0.1, -0.05) is 18.2 Å². The Balaban J connectivity index is 1.63. The normalized spacial score (nSPS) is 12.9. The molecule has 0 spiro atoms. The van der Waals surface area contributed by atoms with Gasteiger partial charge in [-0.15, -0.1) is 0 Å². The van der Waals surface area contributed by atoms with E-state index in [-0.39, 0.29) is 25.2 Å². The maximum atomic E-state index is 11.9. The van der Waals surface area contributed by atoms with E-state index in [1.165, 1.54) is 0 Å². The van der Waals surface area contributed by atoms with Crippen LogP contribution in [0.4, 0.5) is 4.79 Å². The van der Waals surface area contributed by atoms with Crippen LogP contribution < -0.4 is 15.4 Å². The van der Waals surface area contributed by atoms with Crippen molar-refractivity contribution in [1.29, 1.82) is 0 Å². The van der Waals surface area contributed by atoms with Crippen molar-refractivity contribution in [3.8, 4) is 5.75 Å². The molecule has 2 rings (SSSR count). The first-order valence-corrected chi connectivity index (χ1v) is 8.42. The van der Waals surface area contributed by atoms with Crippen molar-refractivity contribution >= 4 is 6.03 Å². The smallest absolute Gasteiger partial charge is 0.315 e. The van der Waals surface area contributed by atoms with Gasteiger partial charge in [-0.3, -0.25) is 4.98 Å². The highest BCUT2D eigenvalue weighted by Crippen LogP contribution is 2.12. The van der Waals surface area contributed by atoms with Crippen LogP contribution in [0, 0.1) is 0 Å². The zero-order chi connectivity index (χ0) is 18.8. The van der Waals surface area contributed by atoms with Crippen LogP contribution in [-0.2, 0) is 11.3 Å². The lowest BCUT2D eigenvalue weighted by molar-refractivity contribution is 0.0300. The summed E-state index contributed by atoms with van der Waals surface area (Å²) in [7, 11) is 1.61. The van der Waals surface area contributed by atoms with Gasteiger partial charge in [0.2, 0.25) is 0 Å². The molecule has 0 aliphatic carbocycles. The van der Waals surface area contributed by atoms with E-state index < -0.39 is 6.10 Å². The molecule has 0 radical (unpaired) electrons. The Morgan fingerprint density at radius 1 is 1.23 bits per heavy atom. The number of aliphatic hydroxyl groups excluding tert-OH is 1. The van der Waals surface area contributed by atoms with Crippen molar-refractivity contribution in [3.05, 3.63) is 59.9 Å². The van der Waals surface area contributed by atoms with Gasteiger partial charge < -0.3 is 25.2 Å². The molecule has 0 aliphatic rings. The SMILES string of the molecule is COc1ccc(COCC(O)CNC(=O)NC(C)c2ccccn2)cc1. The first-order valence-electron chi connectivity index (χ1n) is 8.42. The molecule has 26 heavy (non-hydrogen) atoms. The molecule has 0 saturated carbocycles. The van der Waals surface area contributed by atoms with Crippen molar-refractivity contribution < 1.29 is 19.4 Å². The second kappa shape index (κ2) is 10.4. The number of aliphatic hydroxyl groups is 1. The van der Waals surface area contributed by atoms with Crippen LogP contribution in [0.25, 0.3) is 0 Å². The summed E-state index contributed by atoms with van der Waals surface area (Å²) in [5.41, 5.74) is 1.75. The Morgan fingerprint density at radius 3 is 2.65 bits per heavy atom. The zero-order valence-electron chi connectivity index (χ0n) is 15.0. The number of rotatable bonds is 9. The number of nitrogens with one attached hydrogen (secondary N) is 2. The van der Waals surface area contributed by atoms with E-state index in [1.54, 1.807) is 13.3 Å². The molecule has 1 aromatic carbocycles. The fourth-order valence-electron chi connectivity index (χ4n) is 2.26. The van der Waals surface area contributed by atoms with E-state index in [4.69, 9.17) is 9.47 Å². The molecule has 7 heteroatoms. The van der Waals surface area contributed by atoms with Gasteiger partial charge in [0, 0.05) is 12.7 Å². The van der Waals surface area contributed by atoms with E-state index in [0.29, 0.717) is 6.61 Å². The van der Waals surface area contributed by atoms with Crippen LogP contribution in [0.5, 0.6) is 5.75 Å². The molecule has 2 atom stereocenters. The van der Waals surface area contributed by atoms with E-state index >= 15 is 0 Å². The summed E-state index contributed by atoms with van der Waals surface area (Å²) >= 11 is 0. The molecule has 0 aliphatic heterocycles. The first-order chi connectivity index (χ1) is 12.6. The van der Waals surface area contributed by atoms with Crippen molar-refractivity contribution in [2.24, 2.45) is 0 Å². The number of aromatic nitrogens is 1. The average molecular weight is 359 g/mol. The summed E-state index contributed by atoms with van der Waals surface area (Å²) in [5.74, 6) is 0.781. The molecule has 140 valence electrons. The average Bonchev–Trinajstić information content (AvgIpc) is 2.67. The summed E-state index contributed by atoms with van der Waals surface area (Å²) < 4.78 is 10.6. The number of hydrogen-bond donors (Lipinski definition) is 3. The second-order valence-electron chi connectivity index (χ2n) is 5.85. The van der Waals surface area contributed by atoms with E-state index in [1.807, 2.05) is 49.4 Å². The highest BCUT2D eigenvalue weighted by atomic mass is 16.5. The third kappa shape index (κ3) is 6.70. The minimum atomic E-state index is -0.788. The maximum Gasteiger partial charge on any atom is 0.315 e. The van der Waals surface area contributed by atoms with Gasteiger partial charge in [0.1, 0.15) is 5.75 Å². The second-order valence-corrected chi connectivity index (χ2v) is 5.85. The third-order valence-corrected chi connectivity index (χ3v) is 3.72. The van der Waals surface area contributed by atoms with Gasteiger partial charge in [-0.2, -0.15) is 0 Å². The standard InChI is InChI=1S/C19H25N3O4/c1-14(18-5-3-4-10-20-18)22-19(24)21-11-16(23)13-26-12-15-6-8-17(25-2)9-7-15/h3-10,14,16,23H,11-13H2,1-2H3,(H2,21,22,24). The molecule has 2 amide bonds. The van der Waals surface area contributed by atoms with Crippen LogP contribution in [0.15, 0.2) is 48.7 Å². The molecule has 0 fully saturated rings. The van der Waals surface area contributed by atoms with Crippen molar-refractivity contribution in [2.75, 3.05) is 20.3 Å². The summed E-state index contributed by atoms with van der Waals surface area (Å²) in [6.45, 7) is 2.45. The Morgan fingerprint density at radius 2 is 2.00 bits per heavy atom. The topological polar surface area (TPSA) is 92.7 Å². The Kier molecular flexibility index (Phi) is 7.85.